The number of nitrogens with zero attached hydrogens (tertiary/aromatic N) is 4. The second-order valence-electron chi connectivity index (χ2n) is 7.73. The molecule has 1 aliphatic heterocycles. The molecule has 1 saturated heterocycles. The van der Waals surface area contributed by atoms with E-state index in [0.29, 0.717) is 41.3 Å². The third-order valence-corrected chi connectivity index (χ3v) is 8.08. The van der Waals surface area contributed by atoms with Crippen LogP contribution in [0.5, 0.6) is 5.88 Å². The molecule has 1 fully saturated rings. The number of ether oxygens (including phenoxy) is 1. The molecule has 0 saturated carbocycles. The molecule has 10 heteroatoms. The highest BCUT2D eigenvalue weighted by molar-refractivity contribution is 9.10. The van der Waals surface area contributed by atoms with Crippen molar-refractivity contribution >= 4 is 48.1 Å². The van der Waals surface area contributed by atoms with Crippen LogP contribution < -0.4 is 10.5 Å². The van der Waals surface area contributed by atoms with Gasteiger partial charge in [-0.1, -0.05) is 18.2 Å². The molecule has 5 rings (SSSR count). The fourth-order valence-electron chi connectivity index (χ4n) is 3.79. The lowest BCUT2D eigenvalue weighted by atomic mass is 10.0. The first-order chi connectivity index (χ1) is 14.9. The summed E-state index contributed by atoms with van der Waals surface area (Å²) in [6.07, 6.45) is 4.70. The van der Waals surface area contributed by atoms with E-state index in [2.05, 4.69) is 31.0 Å². The van der Waals surface area contributed by atoms with Gasteiger partial charge in [-0.3, -0.25) is 4.98 Å². The van der Waals surface area contributed by atoms with Crippen LogP contribution >= 0.6 is 15.9 Å². The normalized spacial score (nSPS) is 16.7. The van der Waals surface area contributed by atoms with Gasteiger partial charge in [0.1, 0.15) is 20.1 Å². The number of nitrogens with two attached hydrogens (primary N) is 1. The minimum absolute atomic E-state index is 0.170. The van der Waals surface area contributed by atoms with E-state index >= 15 is 0 Å². The maximum atomic E-state index is 11.6. The number of anilines is 1. The Balaban J connectivity index is 1.48. The molecule has 0 spiro atoms. The molecule has 4 heterocycles. The molecule has 0 radical (unpaired) electrons. The average molecular weight is 502 g/mol. The number of rotatable bonds is 4. The number of benzene rings is 1. The van der Waals surface area contributed by atoms with E-state index in [0.717, 1.165) is 22.0 Å². The fourth-order valence-corrected chi connectivity index (χ4v) is 5.75. The van der Waals surface area contributed by atoms with Crippen LogP contribution in [-0.4, -0.2) is 46.1 Å². The Morgan fingerprint density at radius 2 is 1.97 bits per heavy atom. The van der Waals surface area contributed by atoms with E-state index in [4.69, 9.17) is 10.5 Å². The minimum Gasteiger partial charge on any atom is -0.476 e. The van der Waals surface area contributed by atoms with Gasteiger partial charge in [0.15, 0.2) is 5.65 Å². The molecule has 8 nitrogen and oxygen atoms in total. The van der Waals surface area contributed by atoms with E-state index in [9.17, 15) is 8.42 Å². The number of fused-ring (bicyclic) bond motifs is 2. The zero-order chi connectivity index (χ0) is 21.6. The Hall–Kier alpha value is -2.72. The van der Waals surface area contributed by atoms with Gasteiger partial charge in [0.25, 0.3) is 0 Å². The van der Waals surface area contributed by atoms with E-state index in [1.165, 1.54) is 0 Å². The predicted octanol–water partition coefficient (Wildman–Crippen LogP) is 3.49. The zero-order valence-electron chi connectivity index (χ0n) is 16.5. The van der Waals surface area contributed by atoms with Crippen molar-refractivity contribution in [1.82, 2.24) is 19.6 Å². The van der Waals surface area contributed by atoms with Crippen molar-refractivity contribution in [1.29, 1.82) is 0 Å². The number of nitrogen functional groups attached to an aromatic ring is 1. The van der Waals surface area contributed by atoms with Crippen molar-refractivity contribution in [3.05, 3.63) is 47.2 Å². The van der Waals surface area contributed by atoms with Crippen LogP contribution in [0.4, 0.5) is 5.82 Å². The summed E-state index contributed by atoms with van der Waals surface area (Å²) in [5.74, 6) is 1.33. The first-order valence-corrected chi connectivity index (χ1v) is 12.5. The molecule has 0 unspecified atom stereocenters. The predicted molar refractivity (Wildman–Crippen MR) is 123 cm³/mol. The molecule has 0 amide bonds. The highest BCUT2D eigenvalue weighted by atomic mass is 79.9. The fraction of sp³-hybridized carbons (Fsp3) is 0.286. The quantitative estimate of drug-likeness (QED) is 0.455. The lowest BCUT2D eigenvalue weighted by Gasteiger charge is -2.22. The SMILES string of the molecule is Nc1c(Br)c(OCC2CCS(=O)(=O)CC2)nc2c(-c3cnc4ccccc4c3)cnn12. The molecule has 31 heavy (non-hydrogen) atoms. The molecule has 3 aromatic heterocycles. The Morgan fingerprint density at radius 3 is 2.77 bits per heavy atom. The van der Waals surface area contributed by atoms with Crippen LogP contribution in [0.2, 0.25) is 0 Å². The maximum absolute atomic E-state index is 11.6. The number of aromatic nitrogens is 4. The average Bonchev–Trinajstić information content (AvgIpc) is 3.19. The van der Waals surface area contributed by atoms with Crippen molar-refractivity contribution in [2.75, 3.05) is 23.8 Å². The second kappa shape index (κ2) is 7.76. The number of halogens is 1. The van der Waals surface area contributed by atoms with E-state index in [1.54, 1.807) is 16.9 Å². The summed E-state index contributed by atoms with van der Waals surface area (Å²) in [5.41, 5.74) is 9.44. The van der Waals surface area contributed by atoms with E-state index < -0.39 is 9.84 Å². The molecule has 0 atom stereocenters. The minimum atomic E-state index is -2.90. The van der Waals surface area contributed by atoms with Crippen LogP contribution in [0.15, 0.2) is 47.2 Å². The first-order valence-electron chi connectivity index (χ1n) is 9.92. The van der Waals surface area contributed by atoms with Gasteiger partial charge >= 0.3 is 0 Å². The first kappa shape index (κ1) is 20.2. The summed E-state index contributed by atoms with van der Waals surface area (Å²) in [6.45, 7) is 0.387. The van der Waals surface area contributed by atoms with Crippen LogP contribution in [-0.2, 0) is 9.84 Å². The number of sulfone groups is 1. The van der Waals surface area contributed by atoms with Crippen molar-refractivity contribution in [2.45, 2.75) is 12.8 Å². The molecule has 0 aliphatic carbocycles. The van der Waals surface area contributed by atoms with Crippen molar-refractivity contribution < 1.29 is 13.2 Å². The third-order valence-electron chi connectivity index (χ3n) is 5.62. The van der Waals surface area contributed by atoms with Crippen molar-refractivity contribution in [3.63, 3.8) is 0 Å². The van der Waals surface area contributed by atoms with Crippen LogP contribution in [0.3, 0.4) is 0 Å². The molecular formula is C21H20BrN5O3S. The summed E-state index contributed by atoms with van der Waals surface area (Å²) in [7, 11) is -2.90. The monoisotopic (exact) mass is 501 g/mol. The topological polar surface area (TPSA) is 112 Å². The lowest BCUT2D eigenvalue weighted by molar-refractivity contribution is 0.229. The van der Waals surface area contributed by atoms with Gasteiger partial charge in [-0.05, 0) is 46.8 Å². The third kappa shape index (κ3) is 3.85. The van der Waals surface area contributed by atoms with Gasteiger partial charge in [-0.2, -0.15) is 14.6 Å². The Morgan fingerprint density at radius 1 is 1.19 bits per heavy atom. The van der Waals surface area contributed by atoms with Crippen molar-refractivity contribution in [2.24, 2.45) is 5.92 Å². The highest BCUT2D eigenvalue weighted by Gasteiger charge is 2.25. The Bertz CT molecular complexity index is 1390. The number of pyridine rings is 1. The summed E-state index contributed by atoms with van der Waals surface area (Å²) in [6, 6.07) is 9.94. The van der Waals surface area contributed by atoms with Crippen LogP contribution in [0.1, 0.15) is 12.8 Å². The molecule has 2 N–H and O–H groups in total. The van der Waals surface area contributed by atoms with Gasteiger partial charge in [0.05, 0.1) is 29.8 Å². The number of para-hydroxylation sites is 1. The molecular weight excluding hydrogens is 482 g/mol. The standard InChI is InChI=1S/C21H20BrN5O3S/c22-18-19(23)27-20(26-21(18)30-12-13-5-7-31(28,29)8-6-13)16(11-25-27)15-9-14-3-1-2-4-17(14)24-10-15/h1-4,9-11,13H,5-8,12,23H2. The van der Waals surface area contributed by atoms with E-state index in [-0.39, 0.29) is 17.4 Å². The maximum Gasteiger partial charge on any atom is 0.233 e. The second-order valence-corrected chi connectivity index (χ2v) is 10.8. The van der Waals surface area contributed by atoms with Crippen LogP contribution in [0.25, 0.3) is 27.7 Å². The van der Waals surface area contributed by atoms with Gasteiger partial charge in [0, 0.05) is 22.7 Å². The van der Waals surface area contributed by atoms with Gasteiger partial charge < -0.3 is 10.5 Å². The largest absolute Gasteiger partial charge is 0.476 e. The number of hydrogen-bond donors (Lipinski definition) is 1. The summed E-state index contributed by atoms with van der Waals surface area (Å²) in [4.78, 5) is 9.20. The van der Waals surface area contributed by atoms with E-state index in [1.807, 2.05) is 30.3 Å². The van der Waals surface area contributed by atoms with Crippen molar-refractivity contribution in [3.8, 4) is 17.0 Å². The Labute approximate surface area is 187 Å². The highest BCUT2D eigenvalue weighted by Crippen LogP contribution is 2.34. The molecule has 1 aliphatic rings. The van der Waals surface area contributed by atoms with Crippen LogP contribution in [0, 0.1) is 5.92 Å². The molecule has 0 bridgehead atoms. The lowest BCUT2D eigenvalue weighted by Crippen LogP contribution is -2.27. The molecule has 4 aromatic rings. The van der Waals surface area contributed by atoms with Gasteiger partial charge in [-0.15, -0.1) is 0 Å². The van der Waals surface area contributed by atoms with Gasteiger partial charge in [-0.25, -0.2) is 8.42 Å². The summed E-state index contributed by atoms with van der Waals surface area (Å²) < 4.78 is 31.4. The molecule has 160 valence electrons. The summed E-state index contributed by atoms with van der Waals surface area (Å²) >= 11 is 3.46. The Kier molecular flexibility index (Phi) is 5.05. The molecule has 1 aromatic carbocycles. The summed E-state index contributed by atoms with van der Waals surface area (Å²) in [5, 5.41) is 5.41. The smallest absolute Gasteiger partial charge is 0.233 e. The van der Waals surface area contributed by atoms with Gasteiger partial charge in [0.2, 0.25) is 5.88 Å². The zero-order valence-corrected chi connectivity index (χ0v) is 18.9. The number of hydrogen-bond acceptors (Lipinski definition) is 7.